The molecule has 3 heteroatoms. The zero-order valence-electron chi connectivity index (χ0n) is 8.56. The molecule has 0 radical (unpaired) electrons. The summed E-state index contributed by atoms with van der Waals surface area (Å²) in [4.78, 5) is 23.8. The van der Waals surface area contributed by atoms with Crippen LogP contribution < -0.4 is 0 Å². The highest BCUT2D eigenvalue weighted by molar-refractivity contribution is 5.94. The van der Waals surface area contributed by atoms with Gasteiger partial charge in [0, 0.05) is 12.2 Å². The van der Waals surface area contributed by atoms with Crippen molar-refractivity contribution in [2.24, 2.45) is 5.92 Å². The summed E-state index contributed by atoms with van der Waals surface area (Å²) >= 11 is 0. The molecule has 1 aliphatic heterocycles. The molecule has 1 amide bonds. The first-order valence-corrected chi connectivity index (χ1v) is 4.80. The first-order valence-electron chi connectivity index (χ1n) is 4.80. The summed E-state index contributed by atoms with van der Waals surface area (Å²) in [6.45, 7) is 4.43. The van der Waals surface area contributed by atoms with E-state index in [1.807, 2.05) is 32.1 Å². The van der Waals surface area contributed by atoms with Crippen LogP contribution >= 0.6 is 0 Å². The lowest BCUT2D eigenvalue weighted by Gasteiger charge is -2.16. The third-order valence-corrected chi connectivity index (χ3v) is 2.36. The van der Waals surface area contributed by atoms with E-state index in [1.165, 1.54) is 0 Å². The molecule has 0 aromatic carbocycles. The number of hydrogen-bond donors (Lipinski definition) is 0. The number of amides is 1. The van der Waals surface area contributed by atoms with Crippen LogP contribution in [0.1, 0.15) is 20.3 Å². The molecule has 0 aromatic rings. The van der Waals surface area contributed by atoms with Crippen LogP contribution in [0.3, 0.4) is 0 Å². The molecule has 0 spiro atoms. The summed E-state index contributed by atoms with van der Waals surface area (Å²) in [5.74, 6) is -0.513. The van der Waals surface area contributed by atoms with Crippen molar-refractivity contribution in [1.82, 2.24) is 4.90 Å². The summed E-state index contributed by atoms with van der Waals surface area (Å²) in [6, 6.07) is 0. The Morgan fingerprint density at radius 1 is 1.50 bits per heavy atom. The van der Waals surface area contributed by atoms with Crippen LogP contribution in [0, 0.1) is 5.92 Å². The summed E-state index contributed by atoms with van der Waals surface area (Å²) in [6.07, 6.45) is 7.02. The van der Waals surface area contributed by atoms with Crippen molar-refractivity contribution in [3.8, 4) is 0 Å². The average Bonchev–Trinajstić information content (AvgIpc) is 2.56. The number of aldehydes is 1. The van der Waals surface area contributed by atoms with Crippen LogP contribution in [0.2, 0.25) is 0 Å². The molecule has 0 aliphatic carbocycles. The van der Waals surface area contributed by atoms with Crippen molar-refractivity contribution in [3.05, 3.63) is 23.9 Å². The van der Waals surface area contributed by atoms with Gasteiger partial charge in [-0.1, -0.05) is 12.2 Å². The van der Waals surface area contributed by atoms with E-state index in [0.717, 1.165) is 12.0 Å². The van der Waals surface area contributed by atoms with Crippen LogP contribution in [-0.4, -0.2) is 23.6 Å². The van der Waals surface area contributed by atoms with Gasteiger partial charge in [-0.3, -0.25) is 4.79 Å². The third-order valence-electron chi connectivity index (χ3n) is 2.36. The van der Waals surface area contributed by atoms with E-state index < -0.39 is 5.92 Å². The molecular formula is C11H15NO2. The maximum Gasteiger partial charge on any atom is 0.237 e. The van der Waals surface area contributed by atoms with Crippen LogP contribution in [0.25, 0.3) is 0 Å². The van der Waals surface area contributed by atoms with Gasteiger partial charge in [0.25, 0.3) is 0 Å². The standard InChI is InChI=1S/C11H15NO2/c1-3-5-10(4-2)12-7-6-9(8-13)11(12)14/h3-5,8-9H,6-7H2,1-2H3/b5-3-,10-4+. The van der Waals surface area contributed by atoms with Crippen LogP contribution in [0.15, 0.2) is 23.9 Å². The Morgan fingerprint density at radius 2 is 2.21 bits per heavy atom. The minimum atomic E-state index is -0.435. The minimum Gasteiger partial charge on any atom is -0.312 e. The number of hydrogen-bond acceptors (Lipinski definition) is 2. The van der Waals surface area contributed by atoms with Gasteiger partial charge >= 0.3 is 0 Å². The van der Waals surface area contributed by atoms with Crippen LogP contribution in [0.5, 0.6) is 0 Å². The second-order valence-electron chi connectivity index (χ2n) is 3.23. The smallest absolute Gasteiger partial charge is 0.237 e. The Labute approximate surface area is 84.1 Å². The first kappa shape index (κ1) is 10.7. The number of rotatable bonds is 3. The predicted octanol–water partition coefficient (Wildman–Crippen LogP) is 1.51. The van der Waals surface area contributed by atoms with Crippen LogP contribution in [0.4, 0.5) is 0 Å². The monoisotopic (exact) mass is 193 g/mol. The second kappa shape index (κ2) is 4.74. The molecule has 1 aliphatic rings. The van der Waals surface area contributed by atoms with E-state index in [4.69, 9.17) is 0 Å². The van der Waals surface area contributed by atoms with E-state index in [9.17, 15) is 9.59 Å². The molecule has 0 bridgehead atoms. The van der Waals surface area contributed by atoms with E-state index in [0.29, 0.717) is 13.0 Å². The molecule has 0 aromatic heterocycles. The number of carbonyl (C=O) groups excluding carboxylic acids is 2. The Hall–Kier alpha value is -1.38. The highest BCUT2D eigenvalue weighted by atomic mass is 16.2. The highest BCUT2D eigenvalue weighted by Crippen LogP contribution is 2.21. The van der Waals surface area contributed by atoms with Crippen molar-refractivity contribution in [2.75, 3.05) is 6.54 Å². The van der Waals surface area contributed by atoms with Gasteiger partial charge in [-0.2, -0.15) is 0 Å². The molecule has 76 valence electrons. The summed E-state index contributed by atoms with van der Waals surface area (Å²) in [5, 5.41) is 0. The van der Waals surface area contributed by atoms with E-state index in [2.05, 4.69) is 0 Å². The van der Waals surface area contributed by atoms with Gasteiger partial charge in [-0.15, -0.1) is 0 Å². The quantitative estimate of drug-likeness (QED) is 0.387. The van der Waals surface area contributed by atoms with Crippen molar-refractivity contribution >= 4 is 12.2 Å². The summed E-state index contributed by atoms with van der Waals surface area (Å²) < 4.78 is 0. The average molecular weight is 193 g/mol. The van der Waals surface area contributed by atoms with E-state index in [-0.39, 0.29) is 5.91 Å². The zero-order valence-corrected chi connectivity index (χ0v) is 8.56. The van der Waals surface area contributed by atoms with Gasteiger partial charge in [0.15, 0.2) is 0 Å². The van der Waals surface area contributed by atoms with Gasteiger partial charge in [0.2, 0.25) is 5.91 Å². The molecular weight excluding hydrogens is 178 g/mol. The van der Waals surface area contributed by atoms with Gasteiger partial charge < -0.3 is 9.69 Å². The molecule has 1 unspecified atom stereocenters. The maximum absolute atomic E-state index is 11.6. The Kier molecular flexibility index (Phi) is 3.63. The van der Waals surface area contributed by atoms with Crippen molar-refractivity contribution in [1.29, 1.82) is 0 Å². The molecule has 1 saturated heterocycles. The van der Waals surface area contributed by atoms with E-state index >= 15 is 0 Å². The predicted molar refractivity (Wildman–Crippen MR) is 54.5 cm³/mol. The lowest BCUT2D eigenvalue weighted by Crippen LogP contribution is -2.26. The van der Waals surface area contributed by atoms with Crippen molar-refractivity contribution < 1.29 is 9.59 Å². The minimum absolute atomic E-state index is 0.0776. The number of carbonyl (C=O) groups is 2. The summed E-state index contributed by atoms with van der Waals surface area (Å²) in [7, 11) is 0. The van der Waals surface area contributed by atoms with Gasteiger partial charge in [0.1, 0.15) is 6.29 Å². The Bertz CT molecular complexity index is 292. The molecule has 0 N–H and O–H groups in total. The Balaban J connectivity index is 2.80. The van der Waals surface area contributed by atoms with Crippen molar-refractivity contribution in [2.45, 2.75) is 20.3 Å². The fourth-order valence-corrected chi connectivity index (χ4v) is 1.60. The molecule has 1 rings (SSSR count). The lowest BCUT2D eigenvalue weighted by molar-refractivity contribution is -0.131. The largest absolute Gasteiger partial charge is 0.312 e. The number of allylic oxidation sites excluding steroid dienone is 3. The van der Waals surface area contributed by atoms with E-state index in [1.54, 1.807) is 4.90 Å². The first-order chi connectivity index (χ1) is 6.74. The lowest BCUT2D eigenvalue weighted by atomic mass is 10.1. The molecule has 14 heavy (non-hydrogen) atoms. The SMILES string of the molecule is C/C=C\C(=C/C)N1CCC(C=O)C1=O. The summed E-state index contributed by atoms with van der Waals surface area (Å²) in [5.41, 5.74) is 0.877. The molecule has 3 nitrogen and oxygen atoms in total. The van der Waals surface area contributed by atoms with Crippen molar-refractivity contribution in [3.63, 3.8) is 0 Å². The highest BCUT2D eigenvalue weighted by Gasteiger charge is 2.32. The van der Waals surface area contributed by atoms with Gasteiger partial charge in [0.05, 0.1) is 5.92 Å². The number of nitrogens with zero attached hydrogens (tertiary/aromatic N) is 1. The molecule has 1 heterocycles. The normalized spacial score (nSPS) is 23.6. The molecule has 1 fully saturated rings. The molecule has 0 saturated carbocycles. The van der Waals surface area contributed by atoms with Gasteiger partial charge in [-0.05, 0) is 26.3 Å². The third kappa shape index (κ3) is 1.92. The zero-order chi connectivity index (χ0) is 10.6. The fraction of sp³-hybridized carbons (Fsp3) is 0.455. The fourth-order valence-electron chi connectivity index (χ4n) is 1.60. The second-order valence-corrected chi connectivity index (χ2v) is 3.23. The maximum atomic E-state index is 11.6. The topological polar surface area (TPSA) is 37.4 Å². The number of likely N-dealkylation sites (tertiary alicyclic amines) is 1. The Morgan fingerprint density at radius 3 is 2.64 bits per heavy atom. The molecule has 1 atom stereocenters. The van der Waals surface area contributed by atoms with Crippen LogP contribution in [-0.2, 0) is 9.59 Å². The van der Waals surface area contributed by atoms with Gasteiger partial charge in [-0.25, -0.2) is 0 Å².